The van der Waals surface area contributed by atoms with Gasteiger partial charge in [-0.1, -0.05) is 60.7 Å². The van der Waals surface area contributed by atoms with Gasteiger partial charge in [-0.2, -0.15) is 0 Å². The molecule has 150 valence electrons. The summed E-state index contributed by atoms with van der Waals surface area (Å²) in [5.74, 6) is -3.65. The number of hydrogen-bond donors (Lipinski definition) is 3. The van der Waals surface area contributed by atoms with Crippen molar-refractivity contribution in [2.45, 2.75) is 31.8 Å². The van der Waals surface area contributed by atoms with Crippen LogP contribution in [0.25, 0.3) is 0 Å². The van der Waals surface area contributed by atoms with Gasteiger partial charge < -0.3 is 15.5 Å². The topological polar surface area (TPSA) is 89.9 Å². The number of benzene rings is 2. The predicted octanol–water partition coefficient (Wildman–Crippen LogP) is 2.64. The summed E-state index contributed by atoms with van der Waals surface area (Å²) >= 11 is 0. The summed E-state index contributed by atoms with van der Waals surface area (Å²) in [6, 6.07) is 22.2. The van der Waals surface area contributed by atoms with E-state index in [0.717, 1.165) is 19.5 Å². The van der Waals surface area contributed by atoms with E-state index in [0.29, 0.717) is 6.04 Å². The van der Waals surface area contributed by atoms with Crippen LogP contribution in [-0.2, 0) is 22.6 Å². The highest BCUT2D eigenvalue weighted by Crippen LogP contribution is 2.14. The Kier molecular flexibility index (Phi) is 9.18. The molecule has 28 heavy (non-hydrogen) atoms. The third-order valence-corrected chi connectivity index (χ3v) is 4.71. The molecule has 2 aromatic rings. The zero-order valence-electron chi connectivity index (χ0n) is 16.0. The largest absolute Gasteiger partial charge is 0.473 e. The fourth-order valence-corrected chi connectivity index (χ4v) is 3.20. The Balaban J connectivity index is 0.000000409. The molecule has 0 spiro atoms. The first-order chi connectivity index (χ1) is 13.5. The van der Waals surface area contributed by atoms with E-state index in [1.807, 2.05) is 0 Å². The monoisotopic (exact) mass is 384 g/mol. The molecule has 6 heteroatoms. The maximum atomic E-state index is 9.10. The second kappa shape index (κ2) is 11.9. The minimum absolute atomic E-state index is 0.690. The van der Waals surface area contributed by atoms with Gasteiger partial charge in [-0.05, 0) is 50.0 Å². The van der Waals surface area contributed by atoms with Crippen LogP contribution in [0.15, 0.2) is 60.7 Å². The molecule has 0 amide bonds. The van der Waals surface area contributed by atoms with Crippen LogP contribution < -0.4 is 5.32 Å². The van der Waals surface area contributed by atoms with Crippen molar-refractivity contribution in [2.75, 3.05) is 19.6 Å². The van der Waals surface area contributed by atoms with Crippen LogP contribution in [0.1, 0.15) is 24.0 Å². The number of piperidine rings is 1. The Bertz CT molecular complexity index is 702. The molecule has 0 bridgehead atoms. The Labute approximate surface area is 165 Å². The van der Waals surface area contributed by atoms with Gasteiger partial charge in [0.25, 0.3) is 0 Å². The van der Waals surface area contributed by atoms with Crippen molar-refractivity contribution >= 4 is 11.9 Å². The number of hydrogen-bond acceptors (Lipinski definition) is 4. The first kappa shape index (κ1) is 21.6. The van der Waals surface area contributed by atoms with Gasteiger partial charge in [0, 0.05) is 12.6 Å². The molecular weight excluding hydrogens is 356 g/mol. The van der Waals surface area contributed by atoms with E-state index >= 15 is 0 Å². The zero-order valence-corrected chi connectivity index (χ0v) is 16.0. The molecule has 3 rings (SSSR count). The molecule has 1 aliphatic heterocycles. The highest BCUT2D eigenvalue weighted by molar-refractivity contribution is 6.27. The highest BCUT2D eigenvalue weighted by Gasteiger charge is 2.18. The molecule has 1 heterocycles. The van der Waals surface area contributed by atoms with Crippen LogP contribution in [0.3, 0.4) is 0 Å². The zero-order chi connectivity index (χ0) is 20.2. The van der Waals surface area contributed by atoms with E-state index in [1.165, 1.54) is 37.1 Å². The van der Waals surface area contributed by atoms with Crippen molar-refractivity contribution in [3.63, 3.8) is 0 Å². The summed E-state index contributed by atoms with van der Waals surface area (Å²) in [4.78, 5) is 20.8. The minimum Gasteiger partial charge on any atom is -0.473 e. The third kappa shape index (κ3) is 8.33. The molecule has 2 aromatic carbocycles. The number of nitrogens with one attached hydrogen (secondary N) is 1. The molecule has 0 saturated carbocycles. The standard InChI is InChI=1S/C20H26N2.C2H2O4/c1-3-7-18(8-4-1)11-14-21-20-12-15-22(16-13-20)17-19-9-5-2-6-10-19;3-1(4)2(5)6/h1-10,20-21H,11-17H2;(H,3,4)(H,5,6). The molecule has 0 aromatic heterocycles. The van der Waals surface area contributed by atoms with Crippen LogP contribution >= 0.6 is 0 Å². The number of rotatable bonds is 6. The normalized spacial score (nSPS) is 14.7. The van der Waals surface area contributed by atoms with E-state index < -0.39 is 11.9 Å². The molecule has 6 nitrogen and oxygen atoms in total. The molecule has 3 N–H and O–H groups in total. The van der Waals surface area contributed by atoms with Gasteiger partial charge in [0.15, 0.2) is 0 Å². The summed E-state index contributed by atoms with van der Waals surface area (Å²) in [6.45, 7) is 4.60. The SMILES string of the molecule is O=C(O)C(=O)O.c1ccc(CCNC2CCN(Cc3ccccc3)CC2)cc1. The molecule has 0 aliphatic carbocycles. The lowest BCUT2D eigenvalue weighted by molar-refractivity contribution is -0.159. The van der Waals surface area contributed by atoms with Crippen LogP contribution in [0.4, 0.5) is 0 Å². The summed E-state index contributed by atoms with van der Waals surface area (Å²) in [6.07, 6.45) is 3.66. The molecule has 0 unspecified atom stereocenters. The first-order valence-corrected chi connectivity index (χ1v) is 9.54. The maximum absolute atomic E-state index is 9.10. The quantitative estimate of drug-likeness (QED) is 0.664. The lowest BCUT2D eigenvalue weighted by Gasteiger charge is -2.32. The first-order valence-electron chi connectivity index (χ1n) is 9.54. The van der Waals surface area contributed by atoms with E-state index in [2.05, 4.69) is 70.9 Å². The highest BCUT2D eigenvalue weighted by atomic mass is 16.4. The molecule has 1 saturated heterocycles. The molecule has 1 aliphatic rings. The number of aliphatic carboxylic acids is 2. The van der Waals surface area contributed by atoms with Gasteiger partial charge in [0.1, 0.15) is 0 Å². The van der Waals surface area contributed by atoms with Gasteiger partial charge in [-0.15, -0.1) is 0 Å². The van der Waals surface area contributed by atoms with Gasteiger partial charge in [-0.25, -0.2) is 9.59 Å². The van der Waals surface area contributed by atoms with E-state index in [4.69, 9.17) is 19.8 Å². The minimum atomic E-state index is -1.82. The van der Waals surface area contributed by atoms with Gasteiger partial charge in [0.05, 0.1) is 0 Å². The summed E-state index contributed by atoms with van der Waals surface area (Å²) < 4.78 is 0. The average Bonchev–Trinajstić information content (AvgIpc) is 2.71. The second-order valence-electron chi connectivity index (χ2n) is 6.84. The van der Waals surface area contributed by atoms with Crippen LogP contribution in [0.2, 0.25) is 0 Å². The van der Waals surface area contributed by atoms with Crippen molar-refractivity contribution in [3.05, 3.63) is 71.8 Å². The van der Waals surface area contributed by atoms with Gasteiger partial charge in [0.2, 0.25) is 0 Å². The van der Waals surface area contributed by atoms with Crippen molar-refractivity contribution in [1.82, 2.24) is 10.2 Å². The number of nitrogens with zero attached hydrogens (tertiary/aromatic N) is 1. The van der Waals surface area contributed by atoms with Crippen molar-refractivity contribution in [2.24, 2.45) is 0 Å². The lowest BCUT2D eigenvalue weighted by atomic mass is 10.0. The van der Waals surface area contributed by atoms with E-state index in [1.54, 1.807) is 0 Å². The maximum Gasteiger partial charge on any atom is 0.414 e. The van der Waals surface area contributed by atoms with Crippen molar-refractivity contribution in [1.29, 1.82) is 0 Å². The average molecular weight is 384 g/mol. The second-order valence-corrected chi connectivity index (χ2v) is 6.84. The fourth-order valence-electron chi connectivity index (χ4n) is 3.20. The smallest absolute Gasteiger partial charge is 0.414 e. The lowest BCUT2D eigenvalue weighted by Crippen LogP contribution is -2.42. The number of carboxylic acid groups (broad SMARTS) is 2. The van der Waals surface area contributed by atoms with Gasteiger partial charge >= 0.3 is 11.9 Å². The summed E-state index contributed by atoms with van der Waals surface area (Å²) in [5.41, 5.74) is 2.86. The van der Waals surface area contributed by atoms with Crippen LogP contribution in [0.5, 0.6) is 0 Å². The number of carboxylic acids is 2. The molecule has 0 atom stereocenters. The Morgan fingerprint density at radius 1 is 0.857 bits per heavy atom. The van der Waals surface area contributed by atoms with Crippen LogP contribution in [0, 0.1) is 0 Å². The number of carbonyl (C=O) groups is 2. The van der Waals surface area contributed by atoms with Crippen molar-refractivity contribution in [3.8, 4) is 0 Å². The number of likely N-dealkylation sites (tertiary alicyclic amines) is 1. The summed E-state index contributed by atoms with van der Waals surface area (Å²) in [5, 5.41) is 18.5. The third-order valence-electron chi connectivity index (χ3n) is 4.71. The Morgan fingerprint density at radius 3 is 1.86 bits per heavy atom. The van der Waals surface area contributed by atoms with Gasteiger partial charge in [-0.3, -0.25) is 4.90 Å². The summed E-state index contributed by atoms with van der Waals surface area (Å²) in [7, 11) is 0. The van der Waals surface area contributed by atoms with Crippen molar-refractivity contribution < 1.29 is 19.8 Å². The fraction of sp³-hybridized carbons (Fsp3) is 0.364. The molecule has 1 fully saturated rings. The Hall–Kier alpha value is -2.70. The van der Waals surface area contributed by atoms with Crippen LogP contribution in [-0.4, -0.2) is 52.7 Å². The Morgan fingerprint density at radius 2 is 1.36 bits per heavy atom. The molecule has 0 radical (unpaired) electrons. The van der Waals surface area contributed by atoms with E-state index in [-0.39, 0.29) is 0 Å². The predicted molar refractivity (Wildman–Crippen MR) is 108 cm³/mol. The molecular formula is C22H28N2O4. The van der Waals surface area contributed by atoms with E-state index in [9.17, 15) is 0 Å².